The van der Waals surface area contributed by atoms with Crippen molar-refractivity contribution < 1.29 is 14.6 Å². The van der Waals surface area contributed by atoms with E-state index in [2.05, 4.69) is 44.5 Å². The van der Waals surface area contributed by atoms with Crippen molar-refractivity contribution in [3.63, 3.8) is 0 Å². The second kappa shape index (κ2) is 10.7. The molecule has 0 aliphatic carbocycles. The van der Waals surface area contributed by atoms with Gasteiger partial charge in [0, 0.05) is 53.3 Å². The van der Waals surface area contributed by atoms with Crippen LogP contribution in [0.15, 0.2) is 49.1 Å². The summed E-state index contributed by atoms with van der Waals surface area (Å²) >= 11 is 0. The largest absolute Gasteiger partial charge is 0.496 e. The fourth-order valence-electron chi connectivity index (χ4n) is 4.38. The van der Waals surface area contributed by atoms with Crippen LogP contribution in [0, 0.1) is 0 Å². The minimum absolute atomic E-state index is 0.156. The summed E-state index contributed by atoms with van der Waals surface area (Å²) in [5.41, 5.74) is 2.67. The molecule has 1 atom stereocenters. The van der Waals surface area contributed by atoms with Crippen LogP contribution in [0.25, 0.3) is 22.3 Å². The molecule has 4 aromatic rings. The Hall–Kier alpha value is -4.05. The highest BCUT2D eigenvalue weighted by atomic mass is 16.5. The zero-order valence-electron chi connectivity index (χ0n) is 22.7. The summed E-state index contributed by atoms with van der Waals surface area (Å²) in [6.07, 6.45) is 5.86. The highest BCUT2D eigenvalue weighted by molar-refractivity contribution is 5.94. The highest BCUT2D eigenvalue weighted by Crippen LogP contribution is 2.36. The number of ether oxygens (including phenoxy) is 1. The number of hydrogen-bond donors (Lipinski definition) is 3. The molecule has 3 aromatic heterocycles. The van der Waals surface area contributed by atoms with E-state index in [1.807, 2.05) is 24.3 Å². The SMILES string of the molecule is CC[C@](C)(CNc1cc(-c2cnc3c(cnn3CC(C)(C)O)c2)ncn1)c1ccc(C(=O)NC)cc1OC. The lowest BCUT2D eigenvalue weighted by atomic mass is 9.79. The Morgan fingerprint density at radius 1 is 1.11 bits per heavy atom. The number of fused-ring (bicyclic) bond motifs is 1. The smallest absolute Gasteiger partial charge is 0.251 e. The third kappa shape index (κ3) is 5.75. The van der Waals surface area contributed by atoms with E-state index in [-0.39, 0.29) is 11.3 Å². The van der Waals surface area contributed by atoms with E-state index in [0.717, 1.165) is 28.6 Å². The van der Waals surface area contributed by atoms with E-state index in [4.69, 9.17) is 4.74 Å². The molecule has 0 spiro atoms. The van der Waals surface area contributed by atoms with E-state index < -0.39 is 5.60 Å². The van der Waals surface area contributed by atoms with Crippen LogP contribution in [0.1, 0.15) is 50.0 Å². The predicted octanol–water partition coefficient (Wildman–Crippen LogP) is 3.81. The predicted molar refractivity (Wildman–Crippen MR) is 147 cm³/mol. The standard InChI is InChI=1S/C28H35N7O3/c1-7-28(4,21-9-8-18(26(36)29-5)11-23(21)38-6)15-31-24-12-22(32-17-33-24)19-10-20-14-34-35(16-27(2,3)37)25(20)30-13-19/h8-14,17,37H,7,15-16H2,1-6H3,(H,29,36)(H,31,32,33)/t28-/m1/s1. The molecule has 0 saturated heterocycles. The van der Waals surface area contributed by atoms with Crippen LogP contribution < -0.4 is 15.4 Å². The number of carbonyl (C=O) groups excluding carboxylic acids is 1. The average Bonchev–Trinajstić information content (AvgIpc) is 3.31. The van der Waals surface area contributed by atoms with E-state index in [9.17, 15) is 9.90 Å². The molecule has 0 bridgehead atoms. The number of rotatable bonds is 10. The van der Waals surface area contributed by atoms with Crippen molar-refractivity contribution in [3.8, 4) is 17.0 Å². The number of nitrogens with one attached hydrogen (secondary N) is 2. The molecule has 0 aliphatic rings. The summed E-state index contributed by atoms with van der Waals surface area (Å²) in [4.78, 5) is 25.5. The zero-order chi connectivity index (χ0) is 27.5. The number of methoxy groups -OCH3 is 1. The first kappa shape index (κ1) is 27.0. The van der Waals surface area contributed by atoms with Gasteiger partial charge in [0.15, 0.2) is 5.65 Å². The molecule has 3 heterocycles. The van der Waals surface area contributed by atoms with Gasteiger partial charge < -0.3 is 20.5 Å². The van der Waals surface area contributed by atoms with Crippen LogP contribution in [0.5, 0.6) is 5.75 Å². The summed E-state index contributed by atoms with van der Waals surface area (Å²) in [5, 5.41) is 21.5. The number of aromatic nitrogens is 5. The van der Waals surface area contributed by atoms with Gasteiger partial charge in [-0.05, 0) is 38.5 Å². The minimum atomic E-state index is -0.893. The van der Waals surface area contributed by atoms with Crippen molar-refractivity contribution in [2.45, 2.75) is 51.7 Å². The van der Waals surface area contributed by atoms with Crippen molar-refractivity contribution in [1.82, 2.24) is 30.0 Å². The van der Waals surface area contributed by atoms with E-state index in [1.165, 1.54) is 6.33 Å². The number of benzene rings is 1. The van der Waals surface area contributed by atoms with Crippen LogP contribution in [-0.4, -0.2) is 62.0 Å². The monoisotopic (exact) mass is 517 g/mol. The number of amides is 1. The van der Waals surface area contributed by atoms with E-state index >= 15 is 0 Å². The number of nitrogens with zero attached hydrogens (tertiary/aromatic N) is 5. The summed E-state index contributed by atoms with van der Waals surface area (Å²) in [7, 11) is 3.23. The lowest BCUT2D eigenvalue weighted by molar-refractivity contribution is 0.0589. The van der Waals surface area contributed by atoms with Gasteiger partial charge in [0.05, 0.1) is 31.1 Å². The van der Waals surface area contributed by atoms with Gasteiger partial charge in [-0.3, -0.25) is 4.79 Å². The van der Waals surface area contributed by atoms with Gasteiger partial charge in [0.2, 0.25) is 0 Å². The topological polar surface area (TPSA) is 127 Å². The minimum Gasteiger partial charge on any atom is -0.496 e. The van der Waals surface area contributed by atoms with Crippen molar-refractivity contribution in [1.29, 1.82) is 0 Å². The highest BCUT2D eigenvalue weighted by Gasteiger charge is 2.29. The molecule has 10 nitrogen and oxygen atoms in total. The van der Waals surface area contributed by atoms with Crippen molar-refractivity contribution >= 4 is 22.8 Å². The molecular formula is C28H35N7O3. The second-order valence-electron chi connectivity index (χ2n) is 10.3. The van der Waals surface area contributed by atoms with Crippen LogP contribution in [0.2, 0.25) is 0 Å². The van der Waals surface area contributed by atoms with Crippen molar-refractivity contribution in [2.75, 3.05) is 26.0 Å². The Kier molecular flexibility index (Phi) is 7.63. The van der Waals surface area contributed by atoms with Crippen molar-refractivity contribution in [2.24, 2.45) is 0 Å². The molecule has 0 aliphatic heterocycles. The molecule has 1 aromatic carbocycles. The number of pyridine rings is 1. The third-order valence-corrected chi connectivity index (χ3v) is 6.76. The number of aliphatic hydroxyl groups is 1. The summed E-state index contributed by atoms with van der Waals surface area (Å²) < 4.78 is 7.36. The maximum Gasteiger partial charge on any atom is 0.251 e. The maximum absolute atomic E-state index is 12.1. The molecule has 3 N–H and O–H groups in total. The van der Waals surface area contributed by atoms with Crippen molar-refractivity contribution in [3.05, 3.63) is 60.2 Å². The normalized spacial score (nSPS) is 13.2. The van der Waals surface area contributed by atoms with E-state index in [1.54, 1.807) is 51.1 Å². The Bertz CT molecular complexity index is 1440. The van der Waals surface area contributed by atoms with Gasteiger partial charge >= 0.3 is 0 Å². The first-order valence-corrected chi connectivity index (χ1v) is 12.6. The molecule has 0 unspecified atom stereocenters. The Morgan fingerprint density at radius 2 is 1.89 bits per heavy atom. The molecular weight excluding hydrogens is 482 g/mol. The van der Waals surface area contributed by atoms with Gasteiger partial charge in [-0.2, -0.15) is 5.10 Å². The Balaban J connectivity index is 1.55. The molecule has 10 heteroatoms. The zero-order valence-corrected chi connectivity index (χ0v) is 22.7. The lowest BCUT2D eigenvalue weighted by Gasteiger charge is -2.31. The average molecular weight is 518 g/mol. The number of carbonyl (C=O) groups is 1. The fraction of sp³-hybridized carbons (Fsp3) is 0.393. The van der Waals surface area contributed by atoms with Crippen LogP contribution in [0.4, 0.5) is 5.82 Å². The van der Waals surface area contributed by atoms with E-state index in [0.29, 0.717) is 35.9 Å². The second-order valence-corrected chi connectivity index (χ2v) is 10.3. The van der Waals surface area contributed by atoms with Gasteiger partial charge in [-0.1, -0.05) is 19.9 Å². The molecule has 0 radical (unpaired) electrons. The maximum atomic E-state index is 12.1. The van der Waals surface area contributed by atoms with Crippen LogP contribution >= 0.6 is 0 Å². The number of anilines is 1. The first-order valence-electron chi connectivity index (χ1n) is 12.6. The summed E-state index contributed by atoms with van der Waals surface area (Å²) in [5.74, 6) is 1.20. The molecule has 0 saturated carbocycles. The molecule has 0 fully saturated rings. The molecule has 4 rings (SSSR count). The Labute approximate surface area is 222 Å². The first-order chi connectivity index (χ1) is 18.1. The lowest BCUT2D eigenvalue weighted by Crippen LogP contribution is -2.31. The number of hydrogen-bond acceptors (Lipinski definition) is 8. The summed E-state index contributed by atoms with van der Waals surface area (Å²) in [6.45, 7) is 8.70. The van der Waals surface area contributed by atoms with Crippen LogP contribution in [0.3, 0.4) is 0 Å². The summed E-state index contributed by atoms with van der Waals surface area (Å²) in [6, 6.07) is 9.43. The third-order valence-electron chi connectivity index (χ3n) is 6.76. The van der Waals surface area contributed by atoms with Gasteiger partial charge in [-0.15, -0.1) is 0 Å². The molecule has 1 amide bonds. The Morgan fingerprint density at radius 3 is 2.58 bits per heavy atom. The molecule has 200 valence electrons. The fourth-order valence-corrected chi connectivity index (χ4v) is 4.38. The molecule has 38 heavy (non-hydrogen) atoms. The van der Waals surface area contributed by atoms with Crippen LogP contribution in [-0.2, 0) is 12.0 Å². The van der Waals surface area contributed by atoms with Gasteiger partial charge in [-0.25, -0.2) is 19.6 Å². The quantitative estimate of drug-likeness (QED) is 0.290. The van der Waals surface area contributed by atoms with Gasteiger partial charge in [0.25, 0.3) is 5.91 Å². The van der Waals surface area contributed by atoms with Gasteiger partial charge in [0.1, 0.15) is 17.9 Å².